The van der Waals surface area contributed by atoms with E-state index in [2.05, 4.69) is 15.0 Å². The second kappa shape index (κ2) is 7.88. The SMILES string of the molecule is C[C@@]1(O)CN(C(=O)c2ccc(OCCN)cc2)CC[C@H]1n1cnc2c(N)ncnc21. The molecule has 10 nitrogen and oxygen atoms in total. The zero-order valence-electron chi connectivity index (χ0n) is 16.7. The number of fused-ring (bicyclic) bond motifs is 1. The van der Waals surface area contributed by atoms with Crippen molar-refractivity contribution in [1.29, 1.82) is 0 Å². The van der Waals surface area contributed by atoms with Gasteiger partial charge in [0.25, 0.3) is 5.91 Å². The summed E-state index contributed by atoms with van der Waals surface area (Å²) in [4.78, 5) is 27.1. The van der Waals surface area contributed by atoms with Crippen molar-refractivity contribution < 1.29 is 14.6 Å². The highest BCUT2D eigenvalue weighted by atomic mass is 16.5. The highest BCUT2D eigenvalue weighted by Gasteiger charge is 2.41. The lowest BCUT2D eigenvalue weighted by Gasteiger charge is -2.43. The van der Waals surface area contributed by atoms with Crippen LogP contribution in [0.15, 0.2) is 36.9 Å². The Kier molecular flexibility index (Phi) is 5.27. The number of aliphatic hydroxyl groups is 1. The van der Waals surface area contributed by atoms with E-state index in [1.807, 2.05) is 4.57 Å². The zero-order valence-corrected chi connectivity index (χ0v) is 16.7. The molecule has 0 unspecified atom stereocenters. The predicted molar refractivity (Wildman–Crippen MR) is 111 cm³/mol. The van der Waals surface area contributed by atoms with Crippen LogP contribution in [0.4, 0.5) is 5.82 Å². The molecule has 4 rings (SSSR count). The van der Waals surface area contributed by atoms with Gasteiger partial charge in [0.05, 0.1) is 18.9 Å². The third kappa shape index (κ3) is 3.66. The molecule has 3 aromatic rings. The molecule has 1 saturated heterocycles. The minimum absolute atomic E-state index is 0.138. The van der Waals surface area contributed by atoms with Gasteiger partial charge in [0.2, 0.25) is 0 Å². The Hall–Kier alpha value is -3.24. The Bertz CT molecular complexity index is 1050. The first-order chi connectivity index (χ1) is 14.4. The molecule has 1 aliphatic rings. The number of aromatic nitrogens is 4. The van der Waals surface area contributed by atoms with Gasteiger partial charge in [0.1, 0.15) is 29.8 Å². The lowest BCUT2D eigenvalue weighted by molar-refractivity contribution is -0.0479. The Morgan fingerprint density at radius 1 is 1.30 bits per heavy atom. The summed E-state index contributed by atoms with van der Waals surface area (Å²) in [5.74, 6) is 0.821. The summed E-state index contributed by atoms with van der Waals surface area (Å²) in [6.07, 6.45) is 3.54. The molecule has 158 valence electrons. The fraction of sp³-hybridized carbons (Fsp3) is 0.400. The van der Waals surface area contributed by atoms with E-state index in [-0.39, 0.29) is 18.5 Å². The monoisotopic (exact) mass is 411 g/mol. The lowest BCUT2D eigenvalue weighted by Crippen LogP contribution is -2.54. The van der Waals surface area contributed by atoms with Gasteiger partial charge in [-0.05, 0) is 37.6 Å². The molecule has 0 bridgehead atoms. The van der Waals surface area contributed by atoms with Crippen molar-refractivity contribution in [2.24, 2.45) is 5.73 Å². The Morgan fingerprint density at radius 3 is 2.77 bits per heavy atom. The smallest absolute Gasteiger partial charge is 0.253 e. The predicted octanol–water partition coefficient (Wildman–Crippen LogP) is 0.584. The second-order valence-corrected chi connectivity index (χ2v) is 7.63. The maximum atomic E-state index is 13.0. The summed E-state index contributed by atoms with van der Waals surface area (Å²) >= 11 is 0. The van der Waals surface area contributed by atoms with E-state index in [1.165, 1.54) is 6.33 Å². The number of imidazole rings is 1. The van der Waals surface area contributed by atoms with Gasteiger partial charge in [-0.3, -0.25) is 4.79 Å². The maximum Gasteiger partial charge on any atom is 0.253 e. The normalized spacial score (nSPS) is 21.7. The molecule has 2 aromatic heterocycles. The van der Waals surface area contributed by atoms with Crippen LogP contribution in [0.2, 0.25) is 0 Å². The third-order valence-electron chi connectivity index (χ3n) is 5.40. The van der Waals surface area contributed by atoms with Crippen LogP contribution in [0.25, 0.3) is 11.2 Å². The Labute approximate surface area is 173 Å². The summed E-state index contributed by atoms with van der Waals surface area (Å²) in [6, 6.07) is 6.63. The van der Waals surface area contributed by atoms with Gasteiger partial charge in [-0.15, -0.1) is 0 Å². The van der Waals surface area contributed by atoms with Crippen LogP contribution in [-0.4, -0.2) is 67.3 Å². The second-order valence-electron chi connectivity index (χ2n) is 7.63. The van der Waals surface area contributed by atoms with Crippen LogP contribution in [0.3, 0.4) is 0 Å². The number of β-amino-alcohol motifs (C(OH)–C–C–N with tert-alkyl or cyclic N) is 1. The van der Waals surface area contributed by atoms with E-state index in [0.717, 1.165) is 0 Å². The number of hydrogen-bond acceptors (Lipinski definition) is 8. The minimum Gasteiger partial charge on any atom is -0.492 e. The molecule has 1 aromatic carbocycles. The lowest BCUT2D eigenvalue weighted by atomic mass is 9.88. The quantitative estimate of drug-likeness (QED) is 0.553. The Balaban J connectivity index is 1.51. The van der Waals surface area contributed by atoms with E-state index >= 15 is 0 Å². The van der Waals surface area contributed by atoms with Gasteiger partial charge >= 0.3 is 0 Å². The largest absolute Gasteiger partial charge is 0.492 e. The van der Waals surface area contributed by atoms with Crippen LogP contribution in [0.1, 0.15) is 29.7 Å². The van der Waals surface area contributed by atoms with Crippen LogP contribution in [-0.2, 0) is 0 Å². The molecule has 1 amide bonds. The van der Waals surface area contributed by atoms with E-state index in [0.29, 0.717) is 54.4 Å². The number of nitrogens with two attached hydrogens (primary N) is 2. The van der Waals surface area contributed by atoms with Crippen molar-refractivity contribution in [2.75, 3.05) is 32.0 Å². The van der Waals surface area contributed by atoms with Crippen molar-refractivity contribution in [1.82, 2.24) is 24.4 Å². The fourth-order valence-corrected chi connectivity index (χ4v) is 3.92. The zero-order chi connectivity index (χ0) is 21.3. The molecule has 10 heteroatoms. The molecule has 0 aliphatic carbocycles. The van der Waals surface area contributed by atoms with Crippen LogP contribution in [0, 0.1) is 0 Å². The highest BCUT2D eigenvalue weighted by molar-refractivity contribution is 5.94. The maximum absolute atomic E-state index is 13.0. The molecule has 0 radical (unpaired) electrons. The van der Waals surface area contributed by atoms with Crippen molar-refractivity contribution >= 4 is 22.9 Å². The van der Waals surface area contributed by atoms with Crippen molar-refractivity contribution in [3.63, 3.8) is 0 Å². The molecular formula is C20H25N7O3. The molecule has 0 spiro atoms. The first kappa shape index (κ1) is 20.0. The number of carbonyl (C=O) groups is 1. The van der Waals surface area contributed by atoms with E-state index in [1.54, 1.807) is 42.4 Å². The van der Waals surface area contributed by atoms with Crippen molar-refractivity contribution in [3.8, 4) is 5.75 Å². The summed E-state index contributed by atoms with van der Waals surface area (Å²) in [6.45, 7) is 3.24. The summed E-state index contributed by atoms with van der Waals surface area (Å²) in [5, 5.41) is 11.2. The Morgan fingerprint density at radius 2 is 2.07 bits per heavy atom. The number of anilines is 1. The topological polar surface area (TPSA) is 145 Å². The number of nitrogen functional groups attached to an aromatic ring is 1. The number of ether oxygens (including phenoxy) is 1. The van der Waals surface area contributed by atoms with Crippen molar-refractivity contribution in [3.05, 3.63) is 42.5 Å². The molecule has 1 fully saturated rings. The summed E-state index contributed by atoms with van der Waals surface area (Å²) < 4.78 is 7.27. The molecule has 0 saturated carbocycles. The van der Waals surface area contributed by atoms with Gasteiger partial charge < -0.3 is 30.8 Å². The van der Waals surface area contributed by atoms with E-state index < -0.39 is 5.60 Å². The molecule has 1 aliphatic heterocycles. The van der Waals surface area contributed by atoms with Crippen molar-refractivity contribution in [2.45, 2.75) is 25.0 Å². The van der Waals surface area contributed by atoms with Crippen LogP contribution >= 0.6 is 0 Å². The number of hydrogen-bond donors (Lipinski definition) is 3. The third-order valence-corrected chi connectivity index (χ3v) is 5.40. The highest BCUT2D eigenvalue weighted by Crippen LogP contribution is 2.34. The number of piperidine rings is 1. The average molecular weight is 411 g/mol. The number of nitrogens with zero attached hydrogens (tertiary/aromatic N) is 5. The summed E-state index contributed by atoms with van der Waals surface area (Å²) in [5.41, 5.74) is 11.7. The van der Waals surface area contributed by atoms with Gasteiger partial charge in [-0.25, -0.2) is 15.0 Å². The molecule has 2 atom stereocenters. The number of likely N-dealkylation sites (tertiary alicyclic amines) is 1. The molecule has 30 heavy (non-hydrogen) atoms. The first-order valence-corrected chi connectivity index (χ1v) is 9.78. The molecular weight excluding hydrogens is 386 g/mol. The number of benzene rings is 1. The number of rotatable bonds is 5. The number of carbonyl (C=O) groups excluding carboxylic acids is 1. The van der Waals surface area contributed by atoms with E-state index in [9.17, 15) is 9.90 Å². The molecule has 5 N–H and O–H groups in total. The standard InChI is InChI=1S/C20H25N7O3/c1-20(29)10-26(19(28)13-2-4-14(5-3-13)30-9-7-21)8-6-15(20)27-12-25-16-17(22)23-11-24-18(16)27/h2-5,11-12,15,29H,6-10,21H2,1H3,(H2,22,23,24)/t15-,20-/m1/s1. The number of amides is 1. The fourth-order valence-electron chi connectivity index (χ4n) is 3.92. The van der Waals surface area contributed by atoms with Gasteiger partial charge in [0, 0.05) is 18.7 Å². The van der Waals surface area contributed by atoms with Gasteiger partial charge in [0.15, 0.2) is 11.5 Å². The van der Waals surface area contributed by atoms with Gasteiger partial charge in [-0.2, -0.15) is 0 Å². The first-order valence-electron chi connectivity index (χ1n) is 9.78. The minimum atomic E-state index is -1.18. The van der Waals surface area contributed by atoms with Crippen LogP contribution < -0.4 is 16.2 Å². The van der Waals surface area contributed by atoms with Crippen LogP contribution in [0.5, 0.6) is 5.75 Å². The summed E-state index contributed by atoms with van der Waals surface area (Å²) in [7, 11) is 0. The average Bonchev–Trinajstić information content (AvgIpc) is 3.16. The molecule has 3 heterocycles. The van der Waals surface area contributed by atoms with E-state index in [4.69, 9.17) is 16.2 Å². The van der Waals surface area contributed by atoms with Gasteiger partial charge in [-0.1, -0.05) is 0 Å².